The number of rotatable bonds is 4. The number of ether oxygens (including phenoxy) is 1. The van der Waals surface area contributed by atoms with Crippen molar-refractivity contribution in [1.82, 2.24) is 0 Å². The van der Waals surface area contributed by atoms with Crippen molar-refractivity contribution in [2.24, 2.45) is 5.92 Å². The molecule has 0 unspecified atom stereocenters. The van der Waals surface area contributed by atoms with Crippen LogP contribution in [0.4, 0.5) is 4.39 Å². The maximum absolute atomic E-state index is 12.7. The molecular weight excluding hydrogens is 235 g/mol. The third-order valence-electron chi connectivity index (χ3n) is 3.42. The van der Waals surface area contributed by atoms with Gasteiger partial charge < -0.3 is 9.84 Å². The van der Waals surface area contributed by atoms with Crippen LogP contribution in [-0.2, 0) is 16.1 Å². The van der Waals surface area contributed by atoms with Crippen LogP contribution in [0, 0.1) is 11.7 Å². The maximum atomic E-state index is 12.7. The van der Waals surface area contributed by atoms with Crippen molar-refractivity contribution in [3.8, 4) is 0 Å². The van der Waals surface area contributed by atoms with E-state index in [4.69, 9.17) is 9.84 Å². The Morgan fingerprint density at radius 1 is 1.22 bits per heavy atom. The van der Waals surface area contributed by atoms with Gasteiger partial charge in [-0.3, -0.25) is 4.79 Å². The summed E-state index contributed by atoms with van der Waals surface area (Å²) in [4.78, 5) is 10.8. The first kappa shape index (κ1) is 13.0. The van der Waals surface area contributed by atoms with Gasteiger partial charge in [0.1, 0.15) is 5.82 Å². The largest absolute Gasteiger partial charge is 0.481 e. The second kappa shape index (κ2) is 5.96. The summed E-state index contributed by atoms with van der Waals surface area (Å²) < 4.78 is 18.4. The molecule has 0 aliphatic heterocycles. The average molecular weight is 252 g/mol. The zero-order chi connectivity index (χ0) is 13.0. The van der Waals surface area contributed by atoms with Crippen molar-refractivity contribution < 1.29 is 19.0 Å². The quantitative estimate of drug-likeness (QED) is 0.896. The predicted molar refractivity (Wildman–Crippen MR) is 64.6 cm³/mol. The SMILES string of the molecule is O=C(O)C1CCC(OCc2ccc(F)cc2)CC1. The van der Waals surface area contributed by atoms with Crippen LogP contribution in [0.5, 0.6) is 0 Å². The standard InChI is InChI=1S/C14H17FO3/c15-12-5-1-10(2-6-12)9-18-13-7-3-11(4-8-13)14(16)17/h1-2,5-6,11,13H,3-4,7-9H2,(H,16,17). The number of aliphatic carboxylic acids is 1. The second-order valence-corrected chi connectivity index (χ2v) is 4.75. The Morgan fingerprint density at radius 2 is 1.83 bits per heavy atom. The van der Waals surface area contributed by atoms with Gasteiger partial charge in [0.25, 0.3) is 0 Å². The van der Waals surface area contributed by atoms with Gasteiger partial charge in [0, 0.05) is 0 Å². The number of carboxylic acid groups (broad SMARTS) is 1. The predicted octanol–water partition coefficient (Wildman–Crippen LogP) is 2.99. The van der Waals surface area contributed by atoms with E-state index in [1.807, 2.05) is 0 Å². The Kier molecular flexibility index (Phi) is 4.31. The highest BCUT2D eigenvalue weighted by Gasteiger charge is 2.26. The molecule has 0 aromatic heterocycles. The monoisotopic (exact) mass is 252 g/mol. The molecule has 1 saturated carbocycles. The van der Waals surface area contributed by atoms with Crippen molar-refractivity contribution in [3.05, 3.63) is 35.6 Å². The summed E-state index contributed by atoms with van der Waals surface area (Å²) in [6.45, 7) is 0.461. The molecule has 98 valence electrons. The Bertz CT molecular complexity index is 394. The van der Waals surface area contributed by atoms with E-state index in [1.54, 1.807) is 12.1 Å². The normalized spacial score (nSPS) is 23.8. The highest BCUT2D eigenvalue weighted by Crippen LogP contribution is 2.26. The van der Waals surface area contributed by atoms with Crippen LogP contribution < -0.4 is 0 Å². The molecule has 0 spiro atoms. The lowest BCUT2D eigenvalue weighted by Crippen LogP contribution is -2.25. The fourth-order valence-electron chi connectivity index (χ4n) is 2.27. The third-order valence-corrected chi connectivity index (χ3v) is 3.42. The van der Waals surface area contributed by atoms with E-state index >= 15 is 0 Å². The van der Waals surface area contributed by atoms with E-state index in [0.717, 1.165) is 18.4 Å². The van der Waals surface area contributed by atoms with Crippen molar-refractivity contribution in [2.45, 2.75) is 38.4 Å². The van der Waals surface area contributed by atoms with Gasteiger partial charge >= 0.3 is 5.97 Å². The molecule has 1 aliphatic rings. The Balaban J connectivity index is 1.75. The van der Waals surface area contributed by atoms with Crippen molar-refractivity contribution in [2.75, 3.05) is 0 Å². The molecule has 1 fully saturated rings. The highest BCUT2D eigenvalue weighted by molar-refractivity contribution is 5.70. The van der Waals surface area contributed by atoms with E-state index in [1.165, 1.54) is 12.1 Å². The molecule has 0 radical (unpaired) electrons. The van der Waals surface area contributed by atoms with Gasteiger partial charge in [-0.1, -0.05) is 12.1 Å². The zero-order valence-corrected chi connectivity index (χ0v) is 10.1. The summed E-state index contributed by atoms with van der Waals surface area (Å²) in [5.41, 5.74) is 0.941. The first-order valence-electron chi connectivity index (χ1n) is 6.24. The fourth-order valence-corrected chi connectivity index (χ4v) is 2.27. The number of benzene rings is 1. The third kappa shape index (κ3) is 3.53. The molecule has 1 N–H and O–H groups in total. The minimum absolute atomic E-state index is 0.130. The summed E-state index contributed by atoms with van der Waals surface area (Å²) in [6, 6.07) is 6.25. The molecule has 0 atom stereocenters. The smallest absolute Gasteiger partial charge is 0.306 e. The number of hydrogen-bond acceptors (Lipinski definition) is 2. The molecule has 1 aromatic rings. The van der Waals surface area contributed by atoms with E-state index in [2.05, 4.69) is 0 Å². The molecule has 1 aromatic carbocycles. The van der Waals surface area contributed by atoms with E-state index < -0.39 is 5.97 Å². The molecule has 18 heavy (non-hydrogen) atoms. The van der Waals surface area contributed by atoms with Crippen LogP contribution in [0.25, 0.3) is 0 Å². The topological polar surface area (TPSA) is 46.5 Å². The molecule has 1 aliphatic carbocycles. The van der Waals surface area contributed by atoms with Gasteiger partial charge in [-0.2, -0.15) is 0 Å². The number of carboxylic acids is 1. The lowest BCUT2D eigenvalue weighted by atomic mass is 9.87. The van der Waals surface area contributed by atoms with Crippen LogP contribution in [-0.4, -0.2) is 17.2 Å². The van der Waals surface area contributed by atoms with Gasteiger partial charge in [0.15, 0.2) is 0 Å². The van der Waals surface area contributed by atoms with Crippen molar-refractivity contribution >= 4 is 5.97 Å². The van der Waals surface area contributed by atoms with E-state index in [-0.39, 0.29) is 17.8 Å². The molecule has 0 amide bonds. The van der Waals surface area contributed by atoms with Crippen LogP contribution in [0.1, 0.15) is 31.2 Å². The lowest BCUT2D eigenvalue weighted by Gasteiger charge is -2.26. The van der Waals surface area contributed by atoms with E-state index in [0.29, 0.717) is 19.4 Å². The molecule has 2 rings (SSSR count). The van der Waals surface area contributed by atoms with Crippen LogP contribution >= 0.6 is 0 Å². The minimum atomic E-state index is -0.702. The lowest BCUT2D eigenvalue weighted by molar-refractivity contribution is -0.143. The number of hydrogen-bond donors (Lipinski definition) is 1. The van der Waals surface area contributed by atoms with Crippen LogP contribution in [0.15, 0.2) is 24.3 Å². The molecule has 4 heteroatoms. The molecule has 0 heterocycles. The average Bonchev–Trinajstić information content (AvgIpc) is 2.38. The zero-order valence-electron chi connectivity index (χ0n) is 10.1. The molecular formula is C14H17FO3. The van der Waals surface area contributed by atoms with Gasteiger partial charge in [-0.25, -0.2) is 4.39 Å². The first-order valence-corrected chi connectivity index (χ1v) is 6.24. The summed E-state index contributed by atoms with van der Waals surface area (Å²) in [6.07, 6.45) is 3.08. The van der Waals surface area contributed by atoms with Gasteiger partial charge in [-0.05, 0) is 43.4 Å². The first-order chi connectivity index (χ1) is 8.65. The number of halogens is 1. The Morgan fingerprint density at radius 3 is 2.39 bits per heavy atom. The summed E-state index contributed by atoms with van der Waals surface area (Å²) in [7, 11) is 0. The minimum Gasteiger partial charge on any atom is -0.481 e. The molecule has 3 nitrogen and oxygen atoms in total. The van der Waals surface area contributed by atoms with Gasteiger partial charge in [0.05, 0.1) is 18.6 Å². The van der Waals surface area contributed by atoms with Gasteiger partial charge in [-0.15, -0.1) is 0 Å². The Labute approximate surface area is 106 Å². The molecule has 0 saturated heterocycles. The second-order valence-electron chi connectivity index (χ2n) is 4.75. The highest BCUT2D eigenvalue weighted by atomic mass is 19.1. The fraction of sp³-hybridized carbons (Fsp3) is 0.500. The molecule has 0 bridgehead atoms. The summed E-state index contributed by atoms with van der Waals surface area (Å²) in [5.74, 6) is -1.16. The van der Waals surface area contributed by atoms with Crippen LogP contribution in [0.3, 0.4) is 0 Å². The van der Waals surface area contributed by atoms with Gasteiger partial charge in [0.2, 0.25) is 0 Å². The van der Waals surface area contributed by atoms with E-state index in [9.17, 15) is 9.18 Å². The van der Waals surface area contributed by atoms with Crippen molar-refractivity contribution in [1.29, 1.82) is 0 Å². The maximum Gasteiger partial charge on any atom is 0.306 e. The van der Waals surface area contributed by atoms with Crippen LogP contribution in [0.2, 0.25) is 0 Å². The number of carbonyl (C=O) groups is 1. The van der Waals surface area contributed by atoms with Crippen molar-refractivity contribution in [3.63, 3.8) is 0 Å². The Hall–Kier alpha value is -1.42. The summed E-state index contributed by atoms with van der Waals surface area (Å²) in [5, 5.41) is 8.88. The summed E-state index contributed by atoms with van der Waals surface area (Å²) >= 11 is 0.